The molecule has 7 heteroatoms. The Morgan fingerprint density at radius 3 is 2.65 bits per heavy atom. The SMILES string of the molecule is C=CCN(C1CC1)S(=O)(=O)c1cc(N)ccc1C(=O)O. The summed E-state index contributed by atoms with van der Waals surface area (Å²) < 4.78 is 26.6. The molecule has 0 amide bonds. The summed E-state index contributed by atoms with van der Waals surface area (Å²) in [6.07, 6.45) is 3.04. The summed E-state index contributed by atoms with van der Waals surface area (Å²) in [4.78, 5) is 10.9. The lowest BCUT2D eigenvalue weighted by Crippen LogP contribution is -2.34. The molecule has 1 aliphatic rings. The van der Waals surface area contributed by atoms with Crippen LogP contribution in [0.2, 0.25) is 0 Å². The number of hydrogen-bond donors (Lipinski definition) is 2. The summed E-state index contributed by atoms with van der Waals surface area (Å²) in [5.74, 6) is -1.29. The average molecular weight is 296 g/mol. The fraction of sp³-hybridized carbons (Fsp3) is 0.308. The van der Waals surface area contributed by atoms with E-state index >= 15 is 0 Å². The van der Waals surface area contributed by atoms with E-state index in [-0.39, 0.29) is 28.7 Å². The number of aromatic carboxylic acids is 1. The normalized spacial score (nSPS) is 15.2. The van der Waals surface area contributed by atoms with Crippen LogP contribution in [-0.4, -0.2) is 36.4 Å². The lowest BCUT2D eigenvalue weighted by molar-refractivity contribution is 0.0692. The molecule has 6 nitrogen and oxygen atoms in total. The van der Waals surface area contributed by atoms with Crippen LogP contribution in [-0.2, 0) is 10.0 Å². The van der Waals surface area contributed by atoms with Gasteiger partial charge in [-0.2, -0.15) is 4.31 Å². The fourth-order valence-electron chi connectivity index (χ4n) is 1.99. The van der Waals surface area contributed by atoms with E-state index in [0.717, 1.165) is 12.8 Å². The van der Waals surface area contributed by atoms with Crippen molar-refractivity contribution in [1.82, 2.24) is 4.31 Å². The van der Waals surface area contributed by atoms with Crippen LogP contribution >= 0.6 is 0 Å². The highest BCUT2D eigenvalue weighted by Gasteiger charge is 2.38. The number of carboxylic acids is 1. The molecule has 0 aliphatic heterocycles. The van der Waals surface area contributed by atoms with E-state index in [2.05, 4.69) is 6.58 Å². The second-order valence-corrected chi connectivity index (χ2v) is 6.51. The number of carbonyl (C=O) groups is 1. The van der Waals surface area contributed by atoms with Gasteiger partial charge >= 0.3 is 5.97 Å². The first-order valence-corrected chi connectivity index (χ1v) is 7.57. The van der Waals surface area contributed by atoms with Crippen molar-refractivity contribution < 1.29 is 18.3 Å². The van der Waals surface area contributed by atoms with Crippen molar-refractivity contribution in [3.8, 4) is 0 Å². The molecule has 108 valence electrons. The number of anilines is 1. The third-order valence-electron chi connectivity index (χ3n) is 3.09. The minimum absolute atomic E-state index is 0.0823. The van der Waals surface area contributed by atoms with Crippen molar-refractivity contribution in [2.45, 2.75) is 23.8 Å². The highest BCUT2D eigenvalue weighted by atomic mass is 32.2. The first-order valence-electron chi connectivity index (χ1n) is 6.13. The molecular weight excluding hydrogens is 280 g/mol. The van der Waals surface area contributed by atoms with Crippen LogP contribution in [0, 0.1) is 0 Å². The van der Waals surface area contributed by atoms with Crippen LogP contribution in [0.15, 0.2) is 35.7 Å². The molecule has 0 heterocycles. The number of rotatable bonds is 6. The summed E-state index contributed by atoms with van der Waals surface area (Å²) in [7, 11) is -3.90. The summed E-state index contributed by atoms with van der Waals surface area (Å²) >= 11 is 0. The second kappa shape index (κ2) is 5.26. The molecular formula is C13H16N2O4S. The van der Waals surface area contributed by atoms with E-state index in [9.17, 15) is 13.2 Å². The average Bonchev–Trinajstić information content (AvgIpc) is 3.19. The molecule has 1 aliphatic carbocycles. The van der Waals surface area contributed by atoms with Crippen LogP contribution < -0.4 is 5.73 Å². The zero-order chi connectivity index (χ0) is 14.9. The van der Waals surface area contributed by atoms with E-state index in [1.54, 1.807) is 0 Å². The molecule has 20 heavy (non-hydrogen) atoms. The number of sulfonamides is 1. The van der Waals surface area contributed by atoms with E-state index < -0.39 is 16.0 Å². The van der Waals surface area contributed by atoms with Gasteiger partial charge in [-0.25, -0.2) is 13.2 Å². The van der Waals surface area contributed by atoms with Gasteiger partial charge in [0.15, 0.2) is 0 Å². The Bertz CT molecular complexity index is 650. The molecule has 1 fully saturated rings. The third-order valence-corrected chi connectivity index (χ3v) is 5.04. The maximum absolute atomic E-state index is 12.6. The number of nitrogen functional groups attached to an aromatic ring is 1. The van der Waals surface area contributed by atoms with Gasteiger partial charge in [0.1, 0.15) is 0 Å². The van der Waals surface area contributed by atoms with E-state index in [1.807, 2.05) is 0 Å². The monoisotopic (exact) mass is 296 g/mol. The molecule has 1 aromatic carbocycles. The molecule has 2 rings (SSSR count). The van der Waals surface area contributed by atoms with Gasteiger partial charge in [-0.3, -0.25) is 0 Å². The van der Waals surface area contributed by atoms with Crippen LogP contribution in [0.4, 0.5) is 5.69 Å². The zero-order valence-corrected chi connectivity index (χ0v) is 11.6. The van der Waals surface area contributed by atoms with Gasteiger partial charge in [-0.1, -0.05) is 6.08 Å². The first kappa shape index (κ1) is 14.5. The predicted molar refractivity (Wildman–Crippen MR) is 74.9 cm³/mol. The lowest BCUT2D eigenvalue weighted by atomic mass is 10.2. The van der Waals surface area contributed by atoms with Gasteiger partial charge < -0.3 is 10.8 Å². The zero-order valence-electron chi connectivity index (χ0n) is 10.8. The highest BCUT2D eigenvalue weighted by molar-refractivity contribution is 7.89. The van der Waals surface area contributed by atoms with Gasteiger partial charge in [0.2, 0.25) is 10.0 Å². The Morgan fingerprint density at radius 2 is 2.15 bits per heavy atom. The molecule has 0 spiro atoms. The van der Waals surface area contributed by atoms with Gasteiger partial charge in [-0.15, -0.1) is 6.58 Å². The largest absolute Gasteiger partial charge is 0.478 e. The maximum Gasteiger partial charge on any atom is 0.337 e. The number of hydrogen-bond acceptors (Lipinski definition) is 4. The van der Waals surface area contributed by atoms with Crippen molar-refractivity contribution in [3.05, 3.63) is 36.4 Å². The molecule has 0 aromatic heterocycles. The smallest absolute Gasteiger partial charge is 0.337 e. The van der Waals surface area contributed by atoms with Crippen molar-refractivity contribution in [3.63, 3.8) is 0 Å². The van der Waals surface area contributed by atoms with Crippen molar-refractivity contribution in [1.29, 1.82) is 0 Å². The number of carboxylic acid groups (broad SMARTS) is 1. The Kier molecular flexibility index (Phi) is 3.82. The lowest BCUT2D eigenvalue weighted by Gasteiger charge is -2.21. The quantitative estimate of drug-likeness (QED) is 0.609. The maximum atomic E-state index is 12.6. The molecule has 0 saturated heterocycles. The summed E-state index contributed by atoms with van der Waals surface area (Å²) in [6, 6.07) is 3.69. The van der Waals surface area contributed by atoms with Crippen LogP contribution in [0.5, 0.6) is 0 Å². The van der Waals surface area contributed by atoms with Crippen LogP contribution in [0.3, 0.4) is 0 Å². The van der Waals surface area contributed by atoms with Crippen LogP contribution in [0.25, 0.3) is 0 Å². The van der Waals surface area contributed by atoms with E-state index in [1.165, 1.54) is 28.6 Å². The molecule has 1 aromatic rings. The summed E-state index contributed by atoms with van der Waals surface area (Å²) in [5, 5.41) is 9.14. The molecule has 0 bridgehead atoms. The topological polar surface area (TPSA) is 101 Å². The number of benzene rings is 1. The third kappa shape index (κ3) is 2.68. The van der Waals surface area contributed by atoms with Gasteiger partial charge in [-0.05, 0) is 31.0 Å². The molecule has 0 atom stereocenters. The Morgan fingerprint density at radius 1 is 1.50 bits per heavy atom. The fourth-order valence-corrected chi connectivity index (χ4v) is 3.86. The minimum Gasteiger partial charge on any atom is -0.478 e. The Labute approximate surface area is 117 Å². The number of nitrogens with two attached hydrogens (primary N) is 1. The highest BCUT2D eigenvalue weighted by Crippen LogP contribution is 2.33. The van der Waals surface area contributed by atoms with E-state index in [0.29, 0.717) is 0 Å². The van der Waals surface area contributed by atoms with Crippen LogP contribution in [0.1, 0.15) is 23.2 Å². The molecule has 0 radical (unpaired) electrons. The molecule has 1 saturated carbocycles. The number of nitrogens with zero attached hydrogens (tertiary/aromatic N) is 1. The van der Waals surface area contributed by atoms with E-state index in [4.69, 9.17) is 10.8 Å². The summed E-state index contributed by atoms with van der Waals surface area (Å²) in [5.41, 5.74) is 5.54. The van der Waals surface area contributed by atoms with Crippen molar-refractivity contribution in [2.24, 2.45) is 0 Å². The Balaban J connectivity index is 2.55. The molecule has 3 N–H and O–H groups in total. The standard InChI is InChI=1S/C13H16N2O4S/c1-2-7-15(10-4-5-10)20(18,19)12-8-9(14)3-6-11(12)13(16)17/h2-3,6,8,10H,1,4-5,7,14H2,(H,16,17). The minimum atomic E-state index is -3.90. The van der Waals surface area contributed by atoms with Gasteiger partial charge in [0.05, 0.1) is 10.5 Å². The van der Waals surface area contributed by atoms with Crippen molar-refractivity contribution >= 4 is 21.7 Å². The first-order chi connectivity index (χ1) is 9.37. The summed E-state index contributed by atoms with van der Waals surface area (Å²) in [6.45, 7) is 3.70. The Hall–Kier alpha value is -1.86. The molecule has 0 unspecified atom stereocenters. The second-order valence-electron chi connectivity index (χ2n) is 4.66. The predicted octanol–water partition coefficient (Wildman–Crippen LogP) is 1.31. The van der Waals surface area contributed by atoms with Crippen molar-refractivity contribution in [2.75, 3.05) is 12.3 Å². The van der Waals surface area contributed by atoms with Gasteiger partial charge in [0, 0.05) is 18.3 Å². The van der Waals surface area contributed by atoms with Gasteiger partial charge in [0.25, 0.3) is 0 Å².